The van der Waals surface area contributed by atoms with Gasteiger partial charge in [0.15, 0.2) is 0 Å². The molecule has 9 heteroatoms. The number of aromatic nitrogens is 2. The monoisotopic (exact) mass is 332 g/mol. The van der Waals surface area contributed by atoms with Gasteiger partial charge in [0.2, 0.25) is 0 Å². The van der Waals surface area contributed by atoms with Crippen molar-refractivity contribution in [1.29, 1.82) is 0 Å². The molecule has 1 aliphatic rings. The number of nitrogens with zero attached hydrogens (tertiary/aromatic N) is 3. The number of alkyl halides is 3. The average molecular weight is 332 g/mol. The van der Waals surface area contributed by atoms with Crippen molar-refractivity contribution in [2.24, 2.45) is 12.5 Å². The predicted molar refractivity (Wildman–Crippen MR) is 75.2 cm³/mol. The van der Waals surface area contributed by atoms with Gasteiger partial charge in [-0.2, -0.15) is 18.3 Å². The Hall–Kier alpha value is -2.06. The number of aryl methyl sites for hydroxylation is 1. The number of halogens is 3. The number of rotatable bonds is 2. The third-order valence-corrected chi connectivity index (χ3v) is 4.39. The molecule has 0 spiro atoms. The largest absolute Gasteiger partial charge is 0.433 e. The van der Waals surface area contributed by atoms with Gasteiger partial charge in [0, 0.05) is 12.6 Å². The van der Waals surface area contributed by atoms with Gasteiger partial charge in [0.25, 0.3) is 5.91 Å². The summed E-state index contributed by atoms with van der Waals surface area (Å²) >= 11 is 0. The van der Waals surface area contributed by atoms with Crippen molar-refractivity contribution in [3.8, 4) is 0 Å². The molecule has 2 rings (SSSR count). The SMILES string of the molecule is Cn1ncc(CN2C(=O)NC(C)(C(C)(C)C)C2=O)c1C(F)(F)F. The van der Waals surface area contributed by atoms with E-state index in [-0.39, 0.29) is 5.56 Å². The minimum Gasteiger partial charge on any atom is -0.323 e. The molecule has 1 aliphatic heterocycles. The standard InChI is InChI=1S/C14H19F3N4O2/c1-12(2,3)13(4)10(22)21(11(23)19-13)7-8-6-18-20(5)9(8)14(15,16)17/h6H,7H2,1-5H3,(H,19,23). The molecule has 6 nitrogen and oxygen atoms in total. The van der Waals surface area contributed by atoms with E-state index in [1.165, 1.54) is 0 Å². The van der Waals surface area contributed by atoms with Gasteiger partial charge in [-0.1, -0.05) is 20.8 Å². The molecule has 0 bridgehead atoms. The lowest BCUT2D eigenvalue weighted by Gasteiger charge is -2.35. The first-order valence-corrected chi connectivity index (χ1v) is 7.01. The van der Waals surface area contributed by atoms with Crippen LogP contribution in [0.3, 0.4) is 0 Å². The zero-order valence-corrected chi connectivity index (χ0v) is 13.6. The topological polar surface area (TPSA) is 67.2 Å². The summed E-state index contributed by atoms with van der Waals surface area (Å²) in [5.74, 6) is -0.549. The van der Waals surface area contributed by atoms with Crippen molar-refractivity contribution >= 4 is 11.9 Å². The van der Waals surface area contributed by atoms with E-state index in [1.54, 1.807) is 27.7 Å². The molecule has 1 atom stereocenters. The van der Waals surface area contributed by atoms with E-state index in [9.17, 15) is 22.8 Å². The van der Waals surface area contributed by atoms with Crippen LogP contribution in [0.4, 0.5) is 18.0 Å². The van der Waals surface area contributed by atoms with Gasteiger partial charge in [-0.15, -0.1) is 0 Å². The van der Waals surface area contributed by atoms with Crippen LogP contribution >= 0.6 is 0 Å². The van der Waals surface area contributed by atoms with Crippen LogP contribution in [-0.4, -0.2) is 32.2 Å². The van der Waals surface area contributed by atoms with Crippen LogP contribution < -0.4 is 5.32 Å². The molecule has 1 unspecified atom stereocenters. The fraction of sp³-hybridized carbons (Fsp3) is 0.643. The molecule has 1 fully saturated rings. The summed E-state index contributed by atoms with van der Waals surface area (Å²) in [6.07, 6.45) is -3.59. The average Bonchev–Trinajstić information content (AvgIpc) is 2.83. The van der Waals surface area contributed by atoms with Crippen LogP contribution in [-0.2, 0) is 24.6 Å². The lowest BCUT2D eigenvalue weighted by Crippen LogP contribution is -2.54. The van der Waals surface area contributed by atoms with Gasteiger partial charge in [-0.25, -0.2) is 4.79 Å². The lowest BCUT2D eigenvalue weighted by atomic mass is 9.75. The second kappa shape index (κ2) is 4.97. The predicted octanol–water partition coefficient (Wildman–Crippen LogP) is 2.30. The number of carbonyl (C=O) groups is 2. The van der Waals surface area contributed by atoms with Crippen molar-refractivity contribution in [2.75, 3.05) is 0 Å². The second-order valence-electron chi connectivity index (χ2n) is 6.84. The van der Waals surface area contributed by atoms with Crippen molar-refractivity contribution in [3.05, 3.63) is 17.5 Å². The van der Waals surface area contributed by atoms with Crippen molar-refractivity contribution in [2.45, 2.75) is 46.0 Å². The Labute approximate surface area is 131 Å². The quantitative estimate of drug-likeness (QED) is 0.845. The summed E-state index contributed by atoms with van der Waals surface area (Å²) in [5, 5.41) is 6.17. The molecule has 128 valence electrons. The summed E-state index contributed by atoms with van der Waals surface area (Å²) in [7, 11) is 1.16. The van der Waals surface area contributed by atoms with Gasteiger partial charge in [-0.3, -0.25) is 14.4 Å². The molecule has 1 N–H and O–H groups in total. The molecule has 1 saturated heterocycles. The molecule has 3 amide bonds. The van der Waals surface area contributed by atoms with Gasteiger partial charge in [0.05, 0.1) is 12.7 Å². The van der Waals surface area contributed by atoms with E-state index in [4.69, 9.17) is 0 Å². The Kier molecular flexibility index (Phi) is 3.74. The molecule has 0 aromatic carbocycles. The lowest BCUT2D eigenvalue weighted by molar-refractivity contribution is -0.145. The number of nitrogens with one attached hydrogen (secondary N) is 1. The molecular weight excluding hydrogens is 313 g/mol. The Morgan fingerprint density at radius 1 is 1.26 bits per heavy atom. The maximum atomic E-state index is 13.1. The highest BCUT2D eigenvalue weighted by Gasteiger charge is 2.54. The molecular formula is C14H19F3N4O2. The highest BCUT2D eigenvalue weighted by atomic mass is 19.4. The van der Waals surface area contributed by atoms with E-state index >= 15 is 0 Å². The van der Waals surface area contributed by atoms with Crippen LogP contribution in [0.25, 0.3) is 0 Å². The zero-order chi connectivity index (χ0) is 17.8. The van der Waals surface area contributed by atoms with E-state index < -0.39 is 41.3 Å². The van der Waals surface area contributed by atoms with E-state index in [1.807, 2.05) is 0 Å². The Morgan fingerprint density at radius 2 is 1.83 bits per heavy atom. The highest BCUT2D eigenvalue weighted by molar-refractivity contribution is 6.07. The van der Waals surface area contributed by atoms with Crippen LogP contribution in [0.15, 0.2) is 6.20 Å². The fourth-order valence-corrected chi connectivity index (χ4v) is 2.48. The molecule has 0 radical (unpaired) electrons. The Morgan fingerprint density at radius 3 is 2.26 bits per heavy atom. The summed E-state index contributed by atoms with van der Waals surface area (Å²) in [5.41, 5.74) is -2.95. The third-order valence-electron chi connectivity index (χ3n) is 4.39. The maximum absolute atomic E-state index is 13.1. The third kappa shape index (κ3) is 2.68. The second-order valence-corrected chi connectivity index (χ2v) is 6.84. The highest BCUT2D eigenvalue weighted by Crippen LogP contribution is 2.37. The number of carbonyl (C=O) groups excluding carboxylic acids is 2. The summed E-state index contributed by atoms with van der Waals surface area (Å²) in [6, 6.07) is -0.704. The van der Waals surface area contributed by atoms with Crippen molar-refractivity contribution in [3.63, 3.8) is 0 Å². The van der Waals surface area contributed by atoms with Crippen LogP contribution in [0.1, 0.15) is 39.0 Å². The molecule has 0 aliphatic carbocycles. The smallest absolute Gasteiger partial charge is 0.323 e. The Bertz CT molecular complexity index is 660. The fourth-order valence-electron chi connectivity index (χ4n) is 2.48. The van der Waals surface area contributed by atoms with Crippen LogP contribution in [0.2, 0.25) is 0 Å². The summed E-state index contributed by atoms with van der Waals surface area (Å²) < 4.78 is 40.0. The number of hydrogen-bond acceptors (Lipinski definition) is 3. The minimum atomic E-state index is -4.62. The van der Waals surface area contributed by atoms with Crippen molar-refractivity contribution in [1.82, 2.24) is 20.0 Å². The maximum Gasteiger partial charge on any atom is 0.433 e. The van der Waals surface area contributed by atoms with Crippen LogP contribution in [0, 0.1) is 5.41 Å². The number of imide groups is 1. The number of amides is 3. The summed E-state index contributed by atoms with van der Waals surface area (Å²) in [4.78, 5) is 25.5. The van der Waals surface area contributed by atoms with E-state index in [0.717, 1.165) is 18.1 Å². The molecule has 23 heavy (non-hydrogen) atoms. The van der Waals surface area contributed by atoms with Crippen molar-refractivity contribution < 1.29 is 22.8 Å². The minimum absolute atomic E-state index is 0.221. The number of urea groups is 1. The first-order chi connectivity index (χ1) is 10.3. The normalized spacial score (nSPS) is 22.7. The molecule has 1 aromatic heterocycles. The van der Waals surface area contributed by atoms with Gasteiger partial charge >= 0.3 is 12.2 Å². The summed E-state index contributed by atoms with van der Waals surface area (Å²) in [6.45, 7) is 6.43. The molecule has 2 heterocycles. The first kappa shape index (κ1) is 17.3. The van der Waals surface area contributed by atoms with Gasteiger partial charge < -0.3 is 5.32 Å². The van der Waals surface area contributed by atoms with Gasteiger partial charge in [0.1, 0.15) is 11.2 Å². The Balaban J connectivity index is 2.36. The van der Waals surface area contributed by atoms with Crippen LogP contribution in [0.5, 0.6) is 0 Å². The number of hydrogen-bond donors (Lipinski definition) is 1. The van der Waals surface area contributed by atoms with Gasteiger partial charge in [-0.05, 0) is 12.3 Å². The zero-order valence-electron chi connectivity index (χ0n) is 13.6. The first-order valence-electron chi connectivity index (χ1n) is 7.01. The molecule has 0 saturated carbocycles. The van der Waals surface area contributed by atoms with E-state index in [0.29, 0.717) is 4.68 Å². The van der Waals surface area contributed by atoms with E-state index in [2.05, 4.69) is 10.4 Å². The molecule has 1 aromatic rings.